The van der Waals surface area contributed by atoms with Gasteiger partial charge in [-0.25, -0.2) is 4.79 Å². The van der Waals surface area contributed by atoms with Gasteiger partial charge >= 0.3 is 5.97 Å². The molecule has 1 aromatic rings. The highest BCUT2D eigenvalue weighted by Crippen LogP contribution is 2.13. The largest absolute Gasteiger partial charge is 0.458 e. The van der Waals surface area contributed by atoms with Gasteiger partial charge in [-0.2, -0.15) is 0 Å². The first-order valence-corrected chi connectivity index (χ1v) is 7.49. The zero-order chi connectivity index (χ0) is 15.3. The van der Waals surface area contributed by atoms with Crippen molar-refractivity contribution in [2.75, 3.05) is 0 Å². The molecule has 4 nitrogen and oxygen atoms in total. The van der Waals surface area contributed by atoms with Gasteiger partial charge in [0, 0.05) is 16.9 Å². The molecule has 0 radical (unpaired) electrons. The van der Waals surface area contributed by atoms with Crippen LogP contribution in [-0.4, -0.2) is 23.5 Å². The van der Waals surface area contributed by atoms with Crippen LogP contribution in [0.15, 0.2) is 24.3 Å². The number of carbonyl (C=O) groups excluding carboxylic acids is 2. The molecule has 0 fully saturated rings. The van der Waals surface area contributed by atoms with Crippen molar-refractivity contribution in [1.29, 1.82) is 0 Å². The number of hydrogen-bond acceptors (Lipinski definition) is 3. The van der Waals surface area contributed by atoms with Crippen LogP contribution in [0.1, 0.15) is 33.3 Å². The standard InChI is InChI=1S/C15H20INO3/c1-10(18)17-13(14(19)20-15(2,3)4)9-11-5-7-12(16)8-6-11/h5-8,13H,9H2,1-4H3,(H,17,18). The molecule has 0 aliphatic rings. The fraction of sp³-hybridized carbons (Fsp3) is 0.467. The maximum Gasteiger partial charge on any atom is 0.329 e. The molecule has 5 heteroatoms. The van der Waals surface area contributed by atoms with Gasteiger partial charge in [0.1, 0.15) is 11.6 Å². The number of hydrogen-bond donors (Lipinski definition) is 1. The van der Waals surface area contributed by atoms with E-state index in [1.54, 1.807) is 20.8 Å². The maximum atomic E-state index is 12.1. The van der Waals surface area contributed by atoms with E-state index in [-0.39, 0.29) is 5.91 Å². The highest BCUT2D eigenvalue weighted by atomic mass is 127. The minimum Gasteiger partial charge on any atom is -0.458 e. The van der Waals surface area contributed by atoms with Crippen LogP contribution in [0.2, 0.25) is 0 Å². The average molecular weight is 389 g/mol. The lowest BCUT2D eigenvalue weighted by Crippen LogP contribution is -2.44. The Morgan fingerprint density at radius 2 is 1.80 bits per heavy atom. The Balaban J connectivity index is 2.81. The third-order valence-corrected chi connectivity index (χ3v) is 3.14. The van der Waals surface area contributed by atoms with Crippen molar-refractivity contribution in [2.24, 2.45) is 0 Å². The molecule has 0 aromatic heterocycles. The highest BCUT2D eigenvalue weighted by molar-refractivity contribution is 14.1. The van der Waals surface area contributed by atoms with Crippen LogP contribution in [0.25, 0.3) is 0 Å². The lowest BCUT2D eigenvalue weighted by molar-refractivity contribution is -0.158. The van der Waals surface area contributed by atoms with Crippen molar-refractivity contribution in [2.45, 2.75) is 45.8 Å². The van der Waals surface area contributed by atoms with Gasteiger partial charge in [0.15, 0.2) is 0 Å². The molecular formula is C15H20INO3. The van der Waals surface area contributed by atoms with Crippen LogP contribution in [0, 0.1) is 3.57 Å². The monoisotopic (exact) mass is 389 g/mol. The molecule has 0 heterocycles. The minimum absolute atomic E-state index is 0.244. The second-order valence-corrected chi connectivity index (χ2v) is 6.86. The quantitative estimate of drug-likeness (QED) is 0.637. The normalized spacial score (nSPS) is 12.7. The van der Waals surface area contributed by atoms with Crippen LogP contribution >= 0.6 is 22.6 Å². The number of benzene rings is 1. The molecule has 0 spiro atoms. The Kier molecular flexibility index (Phi) is 5.98. The smallest absolute Gasteiger partial charge is 0.329 e. The van der Waals surface area contributed by atoms with E-state index in [1.807, 2.05) is 24.3 Å². The van der Waals surface area contributed by atoms with Gasteiger partial charge in [-0.3, -0.25) is 4.79 Å². The van der Waals surface area contributed by atoms with Gasteiger partial charge in [0.05, 0.1) is 0 Å². The summed E-state index contributed by atoms with van der Waals surface area (Å²) < 4.78 is 6.47. The number of rotatable bonds is 4. The Bertz CT molecular complexity index is 477. The number of carbonyl (C=O) groups is 2. The topological polar surface area (TPSA) is 55.4 Å². The lowest BCUT2D eigenvalue weighted by atomic mass is 10.1. The van der Waals surface area contributed by atoms with Crippen molar-refractivity contribution in [3.8, 4) is 0 Å². The van der Waals surface area contributed by atoms with Crippen LogP contribution in [0.3, 0.4) is 0 Å². The summed E-state index contributed by atoms with van der Waals surface area (Å²) in [6, 6.07) is 7.17. The molecule has 1 rings (SSSR count). The molecule has 0 aliphatic carbocycles. The van der Waals surface area contributed by atoms with Gasteiger partial charge in [-0.15, -0.1) is 0 Å². The predicted molar refractivity (Wildman–Crippen MR) is 86.3 cm³/mol. The van der Waals surface area contributed by atoms with E-state index < -0.39 is 17.6 Å². The summed E-state index contributed by atoms with van der Waals surface area (Å²) in [5.41, 5.74) is 0.412. The fourth-order valence-corrected chi connectivity index (χ4v) is 2.03. The number of esters is 1. The zero-order valence-electron chi connectivity index (χ0n) is 12.2. The van der Waals surface area contributed by atoms with E-state index >= 15 is 0 Å². The van der Waals surface area contributed by atoms with E-state index in [4.69, 9.17) is 4.74 Å². The molecule has 0 aliphatic heterocycles. The molecular weight excluding hydrogens is 369 g/mol. The Hall–Kier alpha value is -1.11. The third kappa shape index (κ3) is 6.36. The summed E-state index contributed by atoms with van der Waals surface area (Å²) in [6.07, 6.45) is 0.422. The van der Waals surface area contributed by atoms with Gasteiger partial charge in [0.25, 0.3) is 0 Å². The number of nitrogens with one attached hydrogen (secondary N) is 1. The van der Waals surface area contributed by atoms with E-state index in [0.717, 1.165) is 9.13 Å². The Morgan fingerprint density at radius 1 is 1.25 bits per heavy atom. The van der Waals surface area contributed by atoms with Gasteiger partial charge in [0.2, 0.25) is 5.91 Å². The number of amides is 1. The third-order valence-electron chi connectivity index (χ3n) is 2.42. The second kappa shape index (κ2) is 7.06. The average Bonchev–Trinajstić information content (AvgIpc) is 2.28. The summed E-state index contributed by atoms with van der Waals surface area (Å²) in [7, 11) is 0. The van der Waals surface area contributed by atoms with E-state index in [9.17, 15) is 9.59 Å². The SMILES string of the molecule is CC(=O)NC(Cc1ccc(I)cc1)C(=O)OC(C)(C)C. The summed E-state index contributed by atoms with van der Waals surface area (Å²) >= 11 is 2.22. The van der Waals surface area contributed by atoms with Crippen LogP contribution in [0.4, 0.5) is 0 Å². The number of halogens is 1. The highest BCUT2D eigenvalue weighted by Gasteiger charge is 2.26. The summed E-state index contributed by atoms with van der Waals surface area (Å²) in [4.78, 5) is 23.4. The van der Waals surface area contributed by atoms with Crippen molar-refractivity contribution < 1.29 is 14.3 Å². The molecule has 1 unspecified atom stereocenters. The van der Waals surface area contributed by atoms with E-state index in [0.29, 0.717) is 6.42 Å². The summed E-state index contributed by atoms with van der Waals surface area (Å²) in [5.74, 6) is -0.655. The first-order valence-electron chi connectivity index (χ1n) is 6.42. The molecule has 0 saturated heterocycles. The molecule has 110 valence electrons. The molecule has 1 N–H and O–H groups in total. The minimum atomic E-state index is -0.660. The molecule has 0 bridgehead atoms. The maximum absolute atomic E-state index is 12.1. The Morgan fingerprint density at radius 3 is 2.25 bits per heavy atom. The van der Waals surface area contributed by atoms with Crippen molar-refractivity contribution in [3.05, 3.63) is 33.4 Å². The molecule has 1 amide bonds. The first kappa shape index (κ1) is 16.9. The van der Waals surface area contributed by atoms with Gasteiger partial charge in [-0.1, -0.05) is 12.1 Å². The van der Waals surface area contributed by atoms with Crippen LogP contribution < -0.4 is 5.32 Å². The fourth-order valence-electron chi connectivity index (χ4n) is 1.67. The zero-order valence-corrected chi connectivity index (χ0v) is 14.4. The van der Waals surface area contributed by atoms with Crippen molar-refractivity contribution in [1.82, 2.24) is 5.32 Å². The van der Waals surface area contributed by atoms with Crippen LogP contribution in [-0.2, 0) is 20.7 Å². The molecule has 1 aromatic carbocycles. The number of ether oxygens (including phenoxy) is 1. The molecule has 20 heavy (non-hydrogen) atoms. The van der Waals surface area contributed by atoms with Crippen molar-refractivity contribution >= 4 is 34.5 Å². The summed E-state index contributed by atoms with van der Waals surface area (Å²) in [5, 5.41) is 2.65. The lowest BCUT2D eigenvalue weighted by Gasteiger charge is -2.24. The predicted octanol–water partition coefficient (Wildman–Crippen LogP) is 2.68. The van der Waals surface area contributed by atoms with E-state index in [1.165, 1.54) is 6.92 Å². The molecule has 1 atom stereocenters. The van der Waals surface area contributed by atoms with Gasteiger partial charge in [-0.05, 0) is 61.1 Å². The van der Waals surface area contributed by atoms with Gasteiger partial charge < -0.3 is 10.1 Å². The first-order chi connectivity index (χ1) is 9.17. The summed E-state index contributed by atoms with van der Waals surface area (Å²) in [6.45, 7) is 6.81. The van der Waals surface area contributed by atoms with E-state index in [2.05, 4.69) is 27.9 Å². The second-order valence-electron chi connectivity index (χ2n) is 5.62. The van der Waals surface area contributed by atoms with Crippen molar-refractivity contribution in [3.63, 3.8) is 0 Å². The molecule has 0 saturated carbocycles. The van der Waals surface area contributed by atoms with Crippen LogP contribution in [0.5, 0.6) is 0 Å². The Labute approximate surface area is 133 Å².